The minimum absolute atomic E-state index is 0.229. The van der Waals surface area contributed by atoms with Crippen molar-refractivity contribution in [3.05, 3.63) is 12.2 Å². The van der Waals surface area contributed by atoms with Gasteiger partial charge in [0.15, 0.2) is 0 Å². The van der Waals surface area contributed by atoms with Gasteiger partial charge in [-0.05, 0) is 25.5 Å². The fourth-order valence-corrected chi connectivity index (χ4v) is 6.70. The third-order valence-corrected chi connectivity index (χ3v) is 9.30. The molecule has 2 saturated heterocycles. The number of imide groups is 1. The lowest BCUT2D eigenvalue weighted by molar-refractivity contribution is -0.127. The zero-order valence-electron chi connectivity index (χ0n) is 21.0. The van der Waals surface area contributed by atoms with Gasteiger partial charge in [0.1, 0.15) is 12.3 Å². The minimum atomic E-state index is -5.73. The molecule has 19 nitrogen and oxygen atoms in total. The Kier molecular flexibility index (Phi) is 13.0. The molecule has 2 aliphatic heterocycles. The Morgan fingerprint density at radius 1 is 1.10 bits per heavy atom. The van der Waals surface area contributed by atoms with Crippen LogP contribution in [0.15, 0.2) is 12.2 Å². The molecule has 0 aromatic rings. The van der Waals surface area contributed by atoms with Crippen LogP contribution in [0.2, 0.25) is 0 Å². The predicted molar refractivity (Wildman–Crippen MR) is 133 cm³/mol. The molecule has 40 heavy (non-hydrogen) atoms. The summed E-state index contributed by atoms with van der Waals surface area (Å²) in [5, 5.41) is 15.0. The zero-order chi connectivity index (χ0) is 30.1. The van der Waals surface area contributed by atoms with Crippen molar-refractivity contribution in [3.63, 3.8) is 0 Å². The van der Waals surface area contributed by atoms with E-state index in [-0.39, 0.29) is 13.0 Å². The number of hydrogen-bond donors (Lipinski definition) is 8. The van der Waals surface area contributed by atoms with E-state index in [9.17, 15) is 43.0 Å². The molecule has 9 N–H and O–H groups in total. The first-order chi connectivity index (χ1) is 18.5. The summed E-state index contributed by atoms with van der Waals surface area (Å²) in [6.45, 7) is -0.116. The number of unbranched alkanes of at least 4 members (excludes halogenated alkanes) is 3. The molecule has 0 bridgehead atoms. The second kappa shape index (κ2) is 15.1. The number of phosphoric acid groups is 3. The van der Waals surface area contributed by atoms with Gasteiger partial charge < -0.3 is 40.5 Å². The lowest BCUT2D eigenvalue weighted by atomic mass is 10.0. The molecule has 0 saturated carbocycles. The molecule has 0 spiro atoms. The van der Waals surface area contributed by atoms with Gasteiger partial charge in [0, 0.05) is 19.5 Å². The summed E-state index contributed by atoms with van der Waals surface area (Å²) in [5.74, 6) is -2.05. The van der Waals surface area contributed by atoms with E-state index in [1.54, 1.807) is 0 Å². The molecule has 0 aromatic carbocycles. The standard InChI is InChI=1S/C18H33N4O15P3/c19-7-3-1-2-4-8-20-15(24)6-5-12-10-22(18(26)21-17(12)25)16-9-13(23)14(35-16)11-34-39(30,31)37-40(32,33)36-38(27,28)29/h5-6,12-14,16,23H,1-4,7-11,19H2,(H,20,24)(H,30,31)(H,32,33)(H,21,25,26)(H2,27,28,29). The summed E-state index contributed by atoms with van der Waals surface area (Å²) in [5.41, 5.74) is 5.42. The van der Waals surface area contributed by atoms with E-state index in [2.05, 4.69) is 23.8 Å². The van der Waals surface area contributed by atoms with Crippen LogP contribution in [0, 0.1) is 5.92 Å². The zero-order valence-corrected chi connectivity index (χ0v) is 23.7. The molecule has 0 aromatic heterocycles. The molecule has 2 fully saturated rings. The number of carbonyl (C=O) groups is 3. The summed E-state index contributed by atoms with van der Waals surface area (Å²) in [7, 11) is -16.8. The van der Waals surface area contributed by atoms with Gasteiger partial charge >= 0.3 is 29.5 Å². The van der Waals surface area contributed by atoms with Gasteiger partial charge in [0.25, 0.3) is 0 Å². The second-order valence-corrected chi connectivity index (χ2v) is 13.1. The molecule has 4 amide bonds. The quantitative estimate of drug-likeness (QED) is 0.0581. The average Bonchev–Trinajstić information content (AvgIpc) is 3.17. The van der Waals surface area contributed by atoms with E-state index < -0.39 is 72.3 Å². The van der Waals surface area contributed by atoms with Crippen LogP contribution in [-0.4, -0.2) is 92.1 Å². The van der Waals surface area contributed by atoms with E-state index in [1.807, 2.05) is 0 Å². The van der Waals surface area contributed by atoms with Gasteiger partial charge in [-0.15, -0.1) is 0 Å². The van der Waals surface area contributed by atoms with Crippen LogP contribution in [0.25, 0.3) is 0 Å². The number of aliphatic hydroxyl groups excluding tert-OH is 1. The van der Waals surface area contributed by atoms with Crippen LogP contribution in [0.5, 0.6) is 0 Å². The number of amides is 4. The van der Waals surface area contributed by atoms with Gasteiger partial charge in [0.05, 0.1) is 18.6 Å². The molecule has 2 rings (SSSR count). The third kappa shape index (κ3) is 12.1. The van der Waals surface area contributed by atoms with Crippen LogP contribution >= 0.6 is 23.5 Å². The number of nitrogens with one attached hydrogen (secondary N) is 2. The molecular weight excluding hydrogens is 605 g/mol. The normalized spacial score (nSPS) is 26.9. The highest BCUT2D eigenvalue weighted by atomic mass is 31.3. The number of urea groups is 1. The van der Waals surface area contributed by atoms with E-state index >= 15 is 0 Å². The number of rotatable bonds is 16. The Labute approximate surface area is 228 Å². The van der Waals surface area contributed by atoms with Crippen molar-refractivity contribution >= 4 is 41.3 Å². The Morgan fingerprint density at radius 2 is 1.77 bits per heavy atom. The van der Waals surface area contributed by atoms with Crippen LogP contribution in [0.4, 0.5) is 4.79 Å². The van der Waals surface area contributed by atoms with E-state index in [0.717, 1.165) is 36.7 Å². The van der Waals surface area contributed by atoms with E-state index in [4.69, 9.17) is 20.3 Å². The summed E-state index contributed by atoms with van der Waals surface area (Å²) in [6.07, 6.45) is 1.85. The number of nitrogens with zero attached hydrogens (tertiary/aromatic N) is 1. The van der Waals surface area contributed by atoms with Crippen LogP contribution in [0.1, 0.15) is 32.1 Å². The summed E-state index contributed by atoms with van der Waals surface area (Å²) >= 11 is 0. The highest BCUT2D eigenvalue weighted by Crippen LogP contribution is 2.66. The molecule has 230 valence electrons. The number of phosphoric ester groups is 1. The molecule has 22 heteroatoms. The molecule has 2 heterocycles. The molecule has 2 aliphatic rings. The Morgan fingerprint density at radius 3 is 2.42 bits per heavy atom. The van der Waals surface area contributed by atoms with Crippen molar-refractivity contribution in [2.45, 2.75) is 50.5 Å². The molecule has 0 aliphatic carbocycles. The predicted octanol–water partition coefficient (Wildman–Crippen LogP) is -0.835. The fraction of sp³-hybridized carbons (Fsp3) is 0.722. The van der Waals surface area contributed by atoms with Crippen molar-refractivity contribution in [2.24, 2.45) is 11.7 Å². The SMILES string of the molecule is NCCCCCCNC(=O)C=CC1CN(C2CC(O)C(COP(=O)(O)OP(=O)(O)OP(=O)(O)O)O2)C(=O)NC1=O. The van der Waals surface area contributed by atoms with Crippen molar-refractivity contribution in [1.82, 2.24) is 15.5 Å². The highest BCUT2D eigenvalue weighted by molar-refractivity contribution is 7.66. The Hall–Kier alpha value is -1.56. The number of ether oxygens (including phenoxy) is 1. The maximum Gasteiger partial charge on any atom is 0.490 e. The smallest absolute Gasteiger partial charge is 0.390 e. The van der Waals surface area contributed by atoms with Crippen LogP contribution in [0.3, 0.4) is 0 Å². The first-order valence-electron chi connectivity index (χ1n) is 11.9. The van der Waals surface area contributed by atoms with Crippen molar-refractivity contribution in [2.75, 3.05) is 26.2 Å². The van der Waals surface area contributed by atoms with Crippen LogP contribution in [-0.2, 0) is 41.2 Å². The molecule has 6 unspecified atom stereocenters. The van der Waals surface area contributed by atoms with Gasteiger partial charge in [-0.25, -0.2) is 18.5 Å². The first-order valence-corrected chi connectivity index (χ1v) is 16.4. The second-order valence-electron chi connectivity index (χ2n) is 8.73. The number of hydrogen-bond acceptors (Lipinski definition) is 12. The molecule has 0 radical (unpaired) electrons. The highest BCUT2D eigenvalue weighted by Gasteiger charge is 2.45. The van der Waals surface area contributed by atoms with E-state index in [0.29, 0.717) is 13.1 Å². The number of nitrogens with two attached hydrogens (primary N) is 1. The fourth-order valence-electron chi connectivity index (χ4n) is 3.67. The van der Waals surface area contributed by atoms with Crippen LogP contribution < -0.4 is 16.4 Å². The van der Waals surface area contributed by atoms with Gasteiger partial charge in [0.2, 0.25) is 11.8 Å². The number of carbonyl (C=O) groups excluding carboxylic acids is 3. The first kappa shape index (κ1) is 34.6. The Balaban J connectivity index is 1.89. The summed E-state index contributed by atoms with van der Waals surface area (Å²) in [6, 6.07) is -0.859. The number of aliphatic hydroxyl groups is 1. The largest absolute Gasteiger partial charge is 0.490 e. The monoisotopic (exact) mass is 638 g/mol. The Bertz CT molecular complexity index is 1080. The summed E-state index contributed by atoms with van der Waals surface area (Å²) < 4.78 is 51.1. The maximum absolute atomic E-state index is 12.4. The molecule has 6 atom stereocenters. The van der Waals surface area contributed by atoms with Crippen molar-refractivity contribution in [3.8, 4) is 0 Å². The lowest BCUT2D eigenvalue weighted by Crippen LogP contribution is -2.57. The van der Waals surface area contributed by atoms with Crippen molar-refractivity contribution < 1.29 is 70.6 Å². The minimum Gasteiger partial charge on any atom is -0.390 e. The lowest BCUT2D eigenvalue weighted by Gasteiger charge is -2.34. The van der Waals surface area contributed by atoms with Gasteiger partial charge in [-0.2, -0.15) is 8.62 Å². The van der Waals surface area contributed by atoms with Crippen molar-refractivity contribution in [1.29, 1.82) is 0 Å². The van der Waals surface area contributed by atoms with E-state index in [1.165, 1.54) is 6.08 Å². The topological polar surface area (TPSA) is 294 Å². The maximum atomic E-state index is 12.4. The average molecular weight is 638 g/mol. The third-order valence-electron chi connectivity index (χ3n) is 5.50. The van der Waals surface area contributed by atoms with Gasteiger partial charge in [-0.3, -0.25) is 24.3 Å². The van der Waals surface area contributed by atoms with Gasteiger partial charge in [-0.1, -0.05) is 18.9 Å². The molecular formula is C18H33N4O15P3. The summed E-state index contributed by atoms with van der Waals surface area (Å²) in [4.78, 5) is 73.6.